The molecule has 4 rings (SSSR count). The number of likely N-dealkylation sites (N-methyl/N-ethyl adjacent to an activating group) is 1. The van der Waals surface area contributed by atoms with Crippen LogP contribution < -0.4 is 10.2 Å². The van der Waals surface area contributed by atoms with Crippen molar-refractivity contribution in [1.82, 2.24) is 5.32 Å². The lowest BCUT2D eigenvalue weighted by Crippen LogP contribution is -2.44. The van der Waals surface area contributed by atoms with E-state index in [0.29, 0.717) is 0 Å². The number of benzene rings is 3. The van der Waals surface area contributed by atoms with Crippen LogP contribution in [-0.2, 0) is 37.5 Å². The van der Waals surface area contributed by atoms with Gasteiger partial charge in [-0.2, -0.15) is 0 Å². The second kappa shape index (κ2) is 11.8. The normalized spacial score (nSPS) is 15.4. The fourth-order valence-electron chi connectivity index (χ4n) is 4.65. The van der Waals surface area contributed by atoms with E-state index in [1.807, 2.05) is 96.9 Å². The van der Waals surface area contributed by atoms with Crippen molar-refractivity contribution in [3.8, 4) is 0 Å². The van der Waals surface area contributed by atoms with Crippen molar-refractivity contribution in [2.24, 2.45) is 0 Å². The number of allylic oxidation sites excluding steroid dienone is 1. The number of hydrogen-bond acceptors (Lipinski definition) is 6. The van der Waals surface area contributed by atoms with E-state index in [-0.39, 0.29) is 24.2 Å². The number of rotatable bonds is 9. The van der Waals surface area contributed by atoms with Gasteiger partial charge in [0.15, 0.2) is 12.4 Å². The van der Waals surface area contributed by atoms with Gasteiger partial charge in [-0.3, -0.25) is 4.79 Å². The molecule has 0 radical (unpaired) electrons. The average molecular weight is 513 g/mol. The highest BCUT2D eigenvalue weighted by atomic mass is 16.6. The number of anilines is 1. The summed E-state index contributed by atoms with van der Waals surface area (Å²) in [5.74, 6) is -1.05. The van der Waals surface area contributed by atoms with Gasteiger partial charge in [-0.15, -0.1) is 0 Å². The summed E-state index contributed by atoms with van der Waals surface area (Å²) in [5, 5.41) is 2.59. The first-order valence-corrected chi connectivity index (χ1v) is 12.5. The van der Waals surface area contributed by atoms with Crippen LogP contribution in [0.4, 0.5) is 10.5 Å². The number of fused-ring (bicyclic) bond motifs is 1. The Morgan fingerprint density at radius 1 is 0.868 bits per heavy atom. The fraction of sp³-hybridized carbons (Fsp3) is 0.258. The van der Waals surface area contributed by atoms with E-state index in [1.54, 1.807) is 0 Å². The van der Waals surface area contributed by atoms with E-state index in [9.17, 15) is 14.4 Å². The van der Waals surface area contributed by atoms with Gasteiger partial charge in [0, 0.05) is 36.3 Å². The summed E-state index contributed by atoms with van der Waals surface area (Å²) in [7, 11) is 1.92. The van der Waals surface area contributed by atoms with Gasteiger partial charge in [0.1, 0.15) is 12.6 Å². The number of alkyl carbamates (subject to hydrolysis) is 1. The number of hydrogen-bond donors (Lipinski definition) is 1. The zero-order valence-corrected chi connectivity index (χ0v) is 21.8. The Morgan fingerprint density at radius 3 is 2.13 bits per heavy atom. The quantitative estimate of drug-likeness (QED) is 0.323. The van der Waals surface area contributed by atoms with Crippen LogP contribution in [0.25, 0.3) is 0 Å². The molecule has 7 nitrogen and oxygen atoms in total. The van der Waals surface area contributed by atoms with Crippen molar-refractivity contribution in [3.63, 3.8) is 0 Å². The maximum atomic E-state index is 13.0. The minimum Gasteiger partial charge on any atom is -0.456 e. The molecule has 196 valence electrons. The van der Waals surface area contributed by atoms with Crippen LogP contribution in [-0.4, -0.2) is 37.5 Å². The number of nitrogens with zero attached hydrogens (tertiary/aromatic N) is 1. The van der Waals surface area contributed by atoms with Gasteiger partial charge < -0.3 is 19.7 Å². The van der Waals surface area contributed by atoms with Gasteiger partial charge in [-0.1, -0.05) is 92.7 Å². The minimum atomic E-state index is -1.02. The van der Waals surface area contributed by atoms with Gasteiger partial charge >= 0.3 is 12.1 Å². The number of carbonyl (C=O) groups is 3. The lowest BCUT2D eigenvalue weighted by molar-refractivity contribution is -0.149. The van der Waals surface area contributed by atoms with E-state index in [0.717, 1.165) is 28.1 Å². The third kappa shape index (κ3) is 6.29. The second-order valence-electron chi connectivity index (χ2n) is 9.75. The molecule has 3 aromatic rings. The van der Waals surface area contributed by atoms with Crippen molar-refractivity contribution in [1.29, 1.82) is 0 Å². The van der Waals surface area contributed by atoms with Crippen LogP contribution in [0.3, 0.4) is 0 Å². The molecule has 0 unspecified atom stereocenters. The molecule has 1 N–H and O–H groups in total. The number of ether oxygens (including phenoxy) is 2. The van der Waals surface area contributed by atoms with Crippen molar-refractivity contribution in [3.05, 3.63) is 113 Å². The molecule has 1 atom stereocenters. The van der Waals surface area contributed by atoms with Crippen LogP contribution in [0.1, 0.15) is 30.5 Å². The Labute approximate surface area is 223 Å². The van der Waals surface area contributed by atoms with Crippen molar-refractivity contribution in [2.75, 3.05) is 18.6 Å². The third-order valence-electron chi connectivity index (χ3n) is 6.67. The summed E-state index contributed by atoms with van der Waals surface area (Å²) in [4.78, 5) is 40.3. The number of ketones is 1. The number of nitrogens with one attached hydrogen (secondary N) is 1. The predicted molar refractivity (Wildman–Crippen MR) is 146 cm³/mol. The lowest BCUT2D eigenvalue weighted by Gasteiger charge is -2.24. The first-order chi connectivity index (χ1) is 18.3. The van der Waals surface area contributed by atoms with Gasteiger partial charge in [0.2, 0.25) is 0 Å². The maximum Gasteiger partial charge on any atom is 0.408 e. The molecule has 38 heavy (non-hydrogen) atoms. The lowest BCUT2D eigenvalue weighted by atomic mass is 9.83. The molecule has 0 aromatic heterocycles. The highest BCUT2D eigenvalue weighted by Crippen LogP contribution is 2.46. The van der Waals surface area contributed by atoms with E-state index >= 15 is 0 Å². The van der Waals surface area contributed by atoms with Crippen molar-refractivity contribution in [2.45, 2.75) is 38.3 Å². The van der Waals surface area contributed by atoms with Crippen LogP contribution in [0.5, 0.6) is 0 Å². The molecule has 1 aliphatic heterocycles. The maximum absolute atomic E-state index is 13.0. The second-order valence-corrected chi connectivity index (χ2v) is 9.75. The largest absolute Gasteiger partial charge is 0.456 e. The minimum absolute atomic E-state index is 0.0670. The van der Waals surface area contributed by atoms with Crippen LogP contribution in [0.2, 0.25) is 0 Å². The average Bonchev–Trinajstić information content (AvgIpc) is 3.12. The molecule has 0 bridgehead atoms. The third-order valence-corrected chi connectivity index (χ3v) is 6.67. The molecule has 0 spiro atoms. The van der Waals surface area contributed by atoms with E-state index < -0.39 is 24.7 Å². The zero-order chi connectivity index (χ0) is 27.1. The molecule has 1 heterocycles. The standard InChI is InChI=1S/C31H32N2O5/c1-31(2)25-16-10-11-17-27(25)33(3)28(31)19-24(34)21-37-29(35)26(18-22-12-6-4-7-13-22)32-30(36)38-20-23-14-8-5-9-15-23/h4-17,19,26H,18,20-21H2,1-3H3,(H,32,36)/b28-19+/t26-/m0/s1. The monoisotopic (exact) mass is 512 g/mol. The summed E-state index contributed by atoms with van der Waals surface area (Å²) in [6.45, 7) is 3.74. The molecule has 7 heteroatoms. The molecular weight excluding hydrogens is 480 g/mol. The molecule has 3 aromatic carbocycles. The van der Waals surface area contributed by atoms with Gasteiger partial charge in [-0.25, -0.2) is 9.59 Å². The summed E-state index contributed by atoms with van der Waals surface area (Å²) in [6.07, 6.45) is 0.980. The van der Waals surface area contributed by atoms with E-state index in [4.69, 9.17) is 9.47 Å². The van der Waals surface area contributed by atoms with Crippen LogP contribution in [0, 0.1) is 0 Å². The summed E-state index contributed by atoms with van der Waals surface area (Å²) in [6, 6.07) is 25.5. The SMILES string of the molecule is CN1/C(=C/C(=O)COC(=O)[C@H](Cc2ccccc2)NC(=O)OCc2ccccc2)C(C)(C)c2ccccc21. The predicted octanol–water partition coefficient (Wildman–Crippen LogP) is 4.95. The highest BCUT2D eigenvalue weighted by molar-refractivity contribution is 5.95. The molecule has 1 amide bonds. The Hall–Kier alpha value is -4.39. The molecule has 0 aliphatic carbocycles. The van der Waals surface area contributed by atoms with Crippen LogP contribution >= 0.6 is 0 Å². The first kappa shape index (κ1) is 26.7. The number of carbonyl (C=O) groups excluding carboxylic acids is 3. The molecule has 0 fully saturated rings. The van der Waals surface area contributed by atoms with Crippen molar-refractivity contribution < 1.29 is 23.9 Å². The van der Waals surface area contributed by atoms with E-state index in [1.165, 1.54) is 6.08 Å². The zero-order valence-electron chi connectivity index (χ0n) is 21.8. The summed E-state index contributed by atoms with van der Waals surface area (Å²) in [5.41, 5.74) is 4.27. The van der Waals surface area contributed by atoms with Crippen LogP contribution in [0.15, 0.2) is 96.7 Å². The number of amides is 1. The van der Waals surface area contributed by atoms with E-state index in [2.05, 4.69) is 19.2 Å². The highest BCUT2D eigenvalue weighted by Gasteiger charge is 2.38. The Bertz CT molecular complexity index is 1320. The number of esters is 1. The first-order valence-electron chi connectivity index (χ1n) is 12.5. The summed E-state index contributed by atoms with van der Waals surface area (Å²) < 4.78 is 10.7. The molecule has 0 saturated heterocycles. The van der Waals surface area contributed by atoms with Gasteiger partial charge in [-0.05, 0) is 22.8 Å². The Kier molecular flexibility index (Phi) is 8.26. The molecule has 0 saturated carbocycles. The Morgan fingerprint density at radius 2 is 1.47 bits per heavy atom. The molecule has 1 aliphatic rings. The smallest absolute Gasteiger partial charge is 0.408 e. The Balaban J connectivity index is 1.40. The van der Waals surface area contributed by atoms with Crippen molar-refractivity contribution >= 4 is 23.5 Å². The molecular formula is C31H32N2O5. The van der Waals surface area contributed by atoms with Gasteiger partial charge in [0.05, 0.1) is 0 Å². The number of para-hydroxylation sites is 1. The summed E-state index contributed by atoms with van der Waals surface area (Å²) >= 11 is 0. The fourth-order valence-corrected chi connectivity index (χ4v) is 4.65. The van der Waals surface area contributed by atoms with Gasteiger partial charge in [0.25, 0.3) is 0 Å². The topological polar surface area (TPSA) is 84.9 Å².